The van der Waals surface area contributed by atoms with Crippen LogP contribution in [0.1, 0.15) is 22.3 Å². The number of hydrogen-bond acceptors (Lipinski definition) is 7. The Kier molecular flexibility index (Phi) is 11.5. The zero-order valence-electron chi connectivity index (χ0n) is 47.7. The van der Waals surface area contributed by atoms with E-state index in [0.29, 0.717) is 51.1 Å². The summed E-state index contributed by atoms with van der Waals surface area (Å²) >= 11 is 0. The van der Waals surface area contributed by atoms with Crippen molar-refractivity contribution < 1.29 is 0 Å². The lowest BCUT2D eigenvalue weighted by atomic mass is 9.98. The van der Waals surface area contributed by atoms with Gasteiger partial charge in [-0.1, -0.05) is 152 Å². The molecule has 11 nitrogen and oxygen atoms in total. The highest BCUT2D eigenvalue weighted by atomic mass is 15.2. The minimum absolute atomic E-state index is 0.517. The molecule has 414 valence electrons. The number of pyridine rings is 1. The van der Waals surface area contributed by atoms with Crippen molar-refractivity contribution in [1.82, 2.24) is 33.2 Å². The van der Waals surface area contributed by atoms with Crippen LogP contribution in [-0.4, -0.2) is 33.2 Å². The molecule has 90 heavy (non-hydrogen) atoms. The predicted molar refractivity (Wildman–Crippen MR) is 358 cm³/mol. The zero-order chi connectivity index (χ0) is 60.1. The first-order valence-corrected chi connectivity index (χ1v) is 29.4. The lowest BCUT2D eigenvalue weighted by Crippen LogP contribution is -2.16. The third kappa shape index (κ3) is 7.78. The van der Waals surface area contributed by atoms with Crippen molar-refractivity contribution >= 4 is 87.2 Å². The number of hydrogen-bond donors (Lipinski definition) is 0. The zero-order valence-corrected chi connectivity index (χ0v) is 47.7. The largest absolute Gasteiger partial charge is 0.305 e. The fourth-order valence-electron chi connectivity index (χ4n) is 13.6. The summed E-state index contributed by atoms with van der Waals surface area (Å²) in [5.74, 6) is 1.62. The van der Waals surface area contributed by atoms with Crippen LogP contribution in [0.5, 0.6) is 0 Å². The molecule has 0 fully saturated rings. The number of nitriles is 4. The van der Waals surface area contributed by atoms with E-state index in [9.17, 15) is 21.0 Å². The molecule has 0 N–H and O–H groups in total. The molecule has 0 bridgehead atoms. The normalized spacial score (nSPS) is 11.5. The van der Waals surface area contributed by atoms with Crippen molar-refractivity contribution in [2.45, 2.75) is 0 Å². The molecule has 0 spiro atoms. The highest BCUT2D eigenvalue weighted by molar-refractivity contribution is 6.16. The molecular formula is C79H43N11. The van der Waals surface area contributed by atoms with Crippen molar-refractivity contribution in [3.05, 3.63) is 283 Å². The highest BCUT2D eigenvalue weighted by Crippen LogP contribution is 2.50. The van der Waals surface area contributed by atoms with Gasteiger partial charge in [0.05, 0.1) is 102 Å². The molecular weight excluding hydrogens is 1100 g/mol. The molecule has 17 rings (SSSR count). The van der Waals surface area contributed by atoms with Crippen LogP contribution in [-0.2, 0) is 0 Å². The van der Waals surface area contributed by atoms with Crippen LogP contribution >= 0.6 is 0 Å². The SMILES string of the molecule is N#Cc1ccc2c(c1)c1ccccc1n2-c1nc(-n2c3ccccc3c3cc(C#N)ccc32)c(-n2c3ccccc3c3cc(C#N)ccc32)c(-c2cccc(-c3nc(-c4ccccc4)cc(-c4ccccc4)n3)c2)c1-n1c2ccccc2c2cc(C#N)ccc21. The Morgan fingerprint density at radius 2 is 0.556 bits per heavy atom. The third-order valence-electron chi connectivity index (χ3n) is 17.5. The lowest BCUT2D eigenvalue weighted by molar-refractivity contribution is 0.961. The number of nitrogens with zero attached hydrogens (tertiary/aromatic N) is 11. The molecule has 11 aromatic carbocycles. The van der Waals surface area contributed by atoms with Gasteiger partial charge in [-0.2, -0.15) is 21.0 Å². The Morgan fingerprint density at radius 3 is 0.933 bits per heavy atom. The molecule has 0 saturated carbocycles. The van der Waals surface area contributed by atoms with Gasteiger partial charge in [-0.3, -0.25) is 9.13 Å². The van der Waals surface area contributed by atoms with Crippen LogP contribution in [0.2, 0.25) is 0 Å². The second-order valence-electron chi connectivity index (χ2n) is 22.4. The van der Waals surface area contributed by atoms with Gasteiger partial charge in [0.2, 0.25) is 0 Å². The summed E-state index contributed by atoms with van der Waals surface area (Å²) in [5.41, 5.74) is 15.9. The van der Waals surface area contributed by atoms with Crippen LogP contribution in [0.4, 0.5) is 0 Å². The molecule has 11 heteroatoms. The average molecular weight is 1150 g/mol. The van der Waals surface area contributed by atoms with Crippen molar-refractivity contribution in [2.24, 2.45) is 0 Å². The van der Waals surface area contributed by atoms with E-state index in [4.69, 9.17) is 15.0 Å². The van der Waals surface area contributed by atoms with E-state index in [2.05, 4.69) is 140 Å². The van der Waals surface area contributed by atoms with Crippen molar-refractivity contribution in [3.63, 3.8) is 0 Å². The summed E-state index contributed by atoms with van der Waals surface area (Å²) in [6.45, 7) is 0. The Balaban J connectivity index is 1.15. The second kappa shape index (κ2) is 20.2. The number of fused-ring (bicyclic) bond motifs is 12. The first-order chi connectivity index (χ1) is 44.5. The van der Waals surface area contributed by atoms with Crippen molar-refractivity contribution in [1.29, 1.82) is 21.0 Å². The summed E-state index contributed by atoms with van der Waals surface area (Å²) in [5, 5.41) is 49.4. The van der Waals surface area contributed by atoms with E-state index in [1.807, 2.05) is 164 Å². The van der Waals surface area contributed by atoms with Crippen LogP contribution in [0.15, 0.2) is 261 Å². The average Bonchev–Trinajstić information content (AvgIpc) is 1.44. The summed E-state index contributed by atoms with van der Waals surface area (Å²) < 4.78 is 9.08. The molecule has 0 amide bonds. The fourth-order valence-corrected chi connectivity index (χ4v) is 13.6. The monoisotopic (exact) mass is 1150 g/mol. The number of para-hydroxylation sites is 4. The van der Waals surface area contributed by atoms with E-state index >= 15 is 0 Å². The maximum atomic E-state index is 10.6. The van der Waals surface area contributed by atoms with Crippen LogP contribution in [0.3, 0.4) is 0 Å². The molecule has 0 aliphatic heterocycles. The quantitative estimate of drug-likeness (QED) is 0.147. The number of rotatable bonds is 8. The van der Waals surface area contributed by atoms with Gasteiger partial charge in [0.25, 0.3) is 0 Å². The molecule has 0 unspecified atom stereocenters. The van der Waals surface area contributed by atoms with Gasteiger partial charge in [0.1, 0.15) is 11.4 Å². The first-order valence-electron chi connectivity index (χ1n) is 29.4. The van der Waals surface area contributed by atoms with Gasteiger partial charge in [-0.15, -0.1) is 0 Å². The van der Waals surface area contributed by atoms with Crippen molar-refractivity contribution in [2.75, 3.05) is 0 Å². The summed E-state index contributed by atoms with van der Waals surface area (Å²) in [7, 11) is 0. The molecule has 0 aliphatic carbocycles. The molecule has 6 aromatic heterocycles. The molecule has 0 aliphatic rings. The third-order valence-corrected chi connectivity index (χ3v) is 17.5. The van der Waals surface area contributed by atoms with Gasteiger partial charge in [-0.25, -0.2) is 15.0 Å². The van der Waals surface area contributed by atoms with Gasteiger partial charge in [-0.05, 0) is 115 Å². The second-order valence-corrected chi connectivity index (χ2v) is 22.4. The minimum Gasteiger partial charge on any atom is -0.305 e. The lowest BCUT2D eigenvalue weighted by Gasteiger charge is -2.27. The topological polar surface area (TPSA) is 154 Å². The smallest absolute Gasteiger partial charge is 0.165 e. The van der Waals surface area contributed by atoms with Crippen LogP contribution < -0.4 is 0 Å². The molecule has 17 aromatic rings. The number of benzene rings is 11. The Morgan fingerprint density at radius 1 is 0.244 bits per heavy atom. The van der Waals surface area contributed by atoms with Gasteiger partial charge < -0.3 is 9.13 Å². The Hall–Kier alpha value is -13.2. The maximum Gasteiger partial charge on any atom is 0.165 e. The van der Waals surface area contributed by atoms with E-state index in [1.54, 1.807) is 0 Å². The standard InChI is InChI=1S/C79H43N11/c80-44-48-30-34-70-60(38-48)56-22-7-11-26-66(56)87(70)75-74(54-20-15-21-55(42-54)77-84-64(52-16-3-1-4-17-52)43-65(85-77)53-18-5-2-6-19-53)76(88-67-27-12-8-23-57(67)61-39-49(45-81)31-35-71(61)88)79(90-69-29-14-10-25-59(69)63-41-51(47-83)33-37-73(63)90)86-78(75)89-68-28-13-9-24-58(68)62-40-50(46-82)32-36-72(62)89/h1-43H. The highest BCUT2D eigenvalue weighted by Gasteiger charge is 2.33. The summed E-state index contributed by atoms with van der Waals surface area (Å²) in [6, 6.07) is 97.1. The first kappa shape index (κ1) is 51.2. The van der Waals surface area contributed by atoms with Crippen molar-refractivity contribution in [3.8, 4) is 92.3 Å². The summed E-state index contributed by atoms with van der Waals surface area (Å²) in [6.07, 6.45) is 0. The predicted octanol–water partition coefficient (Wildman–Crippen LogP) is 18.4. The Bertz CT molecular complexity index is 5750. The van der Waals surface area contributed by atoms with Gasteiger partial charge in [0.15, 0.2) is 17.5 Å². The Labute approximate surface area is 514 Å². The minimum atomic E-state index is 0.517. The van der Waals surface area contributed by atoms with Gasteiger partial charge >= 0.3 is 0 Å². The summed E-state index contributed by atoms with van der Waals surface area (Å²) in [4.78, 5) is 17.2. The molecule has 0 atom stereocenters. The number of aromatic nitrogens is 7. The van der Waals surface area contributed by atoms with Gasteiger partial charge in [0, 0.05) is 65.3 Å². The van der Waals surface area contributed by atoms with Crippen LogP contribution in [0, 0.1) is 45.3 Å². The molecule has 0 radical (unpaired) electrons. The fraction of sp³-hybridized carbons (Fsp3) is 0. The maximum absolute atomic E-state index is 10.6. The molecule has 0 saturated heterocycles. The van der Waals surface area contributed by atoms with E-state index in [-0.39, 0.29) is 0 Å². The van der Waals surface area contributed by atoms with Crippen LogP contribution in [0.25, 0.3) is 155 Å². The van der Waals surface area contributed by atoms with E-state index in [0.717, 1.165) is 126 Å². The van der Waals surface area contributed by atoms with E-state index < -0.39 is 0 Å². The van der Waals surface area contributed by atoms with E-state index in [1.165, 1.54) is 0 Å². The molecule has 6 heterocycles.